The third-order valence-corrected chi connectivity index (χ3v) is 4.79. The summed E-state index contributed by atoms with van der Waals surface area (Å²) >= 11 is 0. The van der Waals surface area contributed by atoms with Crippen molar-refractivity contribution in [1.29, 1.82) is 0 Å². The summed E-state index contributed by atoms with van der Waals surface area (Å²) in [5.74, 6) is -0.945. The highest BCUT2D eigenvalue weighted by Gasteiger charge is 2.34. The number of carboxylic acid groups (broad SMARTS) is 1. The first-order valence-electron chi connectivity index (χ1n) is 8.88. The molecule has 7 nitrogen and oxygen atoms in total. The molecule has 2 N–H and O–H groups in total. The predicted molar refractivity (Wildman–Crippen MR) is 96.9 cm³/mol. The van der Waals surface area contributed by atoms with E-state index < -0.39 is 5.97 Å². The second-order valence-corrected chi connectivity index (χ2v) is 6.66. The second-order valence-electron chi connectivity index (χ2n) is 6.66. The maximum Gasteiger partial charge on any atom is 0.317 e. The number of benzene rings is 1. The number of nitrogens with one attached hydrogen (secondary N) is 1. The van der Waals surface area contributed by atoms with Gasteiger partial charge in [-0.15, -0.1) is 0 Å². The van der Waals surface area contributed by atoms with Crippen LogP contribution in [0.4, 0.5) is 0 Å². The summed E-state index contributed by atoms with van der Waals surface area (Å²) in [6.07, 6.45) is 4.90. The highest BCUT2D eigenvalue weighted by molar-refractivity contribution is 5.93. The summed E-state index contributed by atoms with van der Waals surface area (Å²) in [6.45, 7) is 3.33. The van der Waals surface area contributed by atoms with Crippen LogP contribution in [0.2, 0.25) is 0 Å². The molecular formula is C19H24N4O3. The Morgan fingerprint density at radius 3 is 2.69 bits per heavy atom. The molecule has 0 bridgehead atoms. The number of carbonyl (C=O) groups excluding carboxylic acids is 1. The number of likely N-dealkylation sites (N-methyl/N-ethyl adjacent to an activating group) is 1. The van der Waals surface area contributed by atoms with Gasteiger partial charge >= 0.3 is 5.97 Å². The minimum Gasteiger partial charge on any atom is -0.480 e. The Kier molecular flexibility index (Phi) is 5.68. The van der Waals surface area contributed by atoms with E-state index in [-0.39, 0.29) is 24.5 Å². The van der Waals surface area contributed by atoms with Crippen molar-refractivity contribution in [3.8, 4) is 0 Å². The fourth-order valence-electron chi connectivity index (χ4n) is 3.28. The fraction of sp³-hybridized carbons (Fsp3) is 0.421. The lowest BCUT2D eigenvalue weighted by Gasteiger charge is -2.42. The second kappa shape index (κ2) is 8.14. The summed E-state index contributed by atoms with van der Waals surface area (Å²) in [4.78, 5) is 25.2. The molecule has 0 radical (unpaired) electrons. The van der Waals surface area contributed by atoms with Crippen molar-refractivity contribution in [3.63, 3.8) is 0 Å². The first-order chi connectivity index (χ1) is 12.5. The molecule has 1 aliphatic rings. The zero-order valence-corrected chi connectivity index (χ0v) is 14.8. The molecule has 26 heavy (non-hydrogen) atoms. The van der Waals surface area contributed by atoms with Crippen molar-refractivity contribution in [2.45, 2.75) is 38.4 Å². The number of hydrogen-bond donors (Lipinski definition) is 2. The van der Waals surface area contributed by atoms with E-state index in [2.05, 4.69) is 10.4 Å². The van der Waals surface area contributed by atoms with Gasteiger partial charge in [0.2, 0.25) is 0 Å². The number of hydrogen-bond acceptors (Lipinski definition) is 4. The molecule has 1 amide bonds. The Balaban J connectivity index is 1.48. The molecule has 1 heterocycles. The lowest BCUT2D eigenvalue weighted by molar-refractivity contribution is -0.139. The van der Waals surface area contributed by atoms with Crippen LogP contribution in [0.1, 0.15) is 35.7 Å². The van der Waals surface area contributed by atoms with Gasteiger partial charge in [0.1, 0.15) is 0 Å². The van der Waals surface area contributed by atoms with E-state index in [1.807, 2.05) is 42.2 Å². The average molecular weight is 356 g/mol. The molecule has 0 spiro atoms. The van der Waals surface area contributed by atoms with Crippen LogP contribution in [-0.2, 0) is 11.3 Å². The Hall–Kier alpha value is -2.67. The third kappa shape index (κ3) is 4.49. The van der Waals surface area contributed by atoms with Crippen molar-refractivity contribution in [3.05, 3.63) is 53.9 Å². The predicted octanol–water partition coefficient (Wildman–Crippen LogP) is 1.60. The van der Waals surface area contributed by atoms with E-state index in [9.17, 15) is 9.59 Å². The van der Waals surface area contributed by atoms with Crippen LogP contribution in [0.15, 0.2) is 42.7 Å². The van der Waals surface area contributed by atoms with E-state index in [0.717, 1.165) is 18.4 Å². The molecule has 3 rings (SSSR count). The van der Waals surface area contributed by atoms with Crippen LogP contribution in [0.5, 0.6) is 0 Å². The van der Waals surface area contributed by atoms with Crippen LogP contribution in [0.25, 0.3) is 0 Å². The van der Waals surface area contributed by atoms with Crippen molar-refractivity contribution < 1.29 is 14.7 Å². The van der Waals surface area contributed by atoms with Crippen molar-refractivity contribution >= 4 is 11.9 Å². The SMILES string of the molecule is CCN(CC(=O)O)C1CC(NC(=O)c2cnn(Cc3ccccc3)c2)C1. The van der Waals surface area contributed by atoms with E-state index in [1.54, 1.807) is 17.1 Å². The molecule has 1 saturated carbocycles. The first-order valence-corrected chi connectivity index (χ1v) is 8.88. The number of carbonyl (C=O) groups is 2. The van der Waals surface area contributed by atoms with Gasteiger partial charge in [-0.25, -0.2) is 0 Å². The Bertz CT molecular complexity index is 753. The maximum atomic E-state index is 12.4. The van der Waals surface area contributed by atoms with Crippen molar-refractivity contribution in [2.24, 2.45) is 0 Å². The number of aliphatic carboxylic acids is 1. The van der Waals surface area contributed by atoms with E-state index in [4.69, 9.17) is 5.11 Å². The number of amides is 1. The van der Waals surface area contributed by atoms with E-state index in [0.29, 0.717) is 18.7 Å². The largest absolute Gasteiger partial charge is 0.480 e. The minimum atomic E-state index is -0.815. The lowest BCUT2D eigenvalue weighted by atomic mass is 9.85. The molecule has 0 unspecified atom stereocenters. The van der Waals surface area contributed by atoms with E-state index in [1.165, 1.54) is 0 Å². The molecule has 1 aliphatic carbocycles. The third-order valence-electron chi connectivity index (χ3n) is 4.79. The van der Waals surface area contributed by atoms with Crippen LogP contribution < -0.4 is 5.32 Å². The summed E-state index contributed by atoms with van der Waals surface area (Å²) in [5.41, 5.74) is 1.67. The zero-order valence-electron chi connectivity index (χ0n) is 14.8. The number of aromatic nitrogens is 2. The standard InChI is InChI=1S/C19H24N4O3/c1-2-22(13-18(24)25)17-8-16(9-17)21-19(26)15-10-20-23(12-15)11-14-6-4-3-5-7-14/h3-7,10,12,16-17H,2,8-9,11,13H2,1H3,(H,21,26)(H,24,25). The van der Waals surface area contributed by atoms with Gasteiger partial charge in [-0.3, -0.25) is 19.2 Å². The molecule has 0 saturated heterocycles. The van der Waals surface area contributed by atoms with Crippen LogP contribution in [0.3, 0.4) is 0 Å². The molecule has 138 valence electrons. The topological polar surface area (TPSA) is 87.5 Å². The average Bonchev–Trinajstić information content (AvgIpc) is 3.05. The first kappa shape index (κ1) is 18.1. The Morgan fingerprint density at radius 1 is 1.31 bits per heavy atom. The van der Waals surface area contributed by atoms with Crippen LogP contribution in [0, 0.1) is 0 Å². The normalized spacial score (nSPS) is 19.2. The number of nitrogens with zero attached hydrogens (tertiary/aromatic N) is 3. The van der Waals surface area contributed by atoms with E-state index >= 15 is 0 Å². The summed E-state index contributed by atoms with van der Waals surface area (Å²) in [5, 5.41) is 16.2. The Labute approximate surface area is 152 Å². The quantitative estimate of drug-likeness (QED) is 0.750. The highest BCUT2D eigenvalue weighted by Crippen LogP contribution is 2.25. The van der Waals surface area contributed by atoms with Crippen LogP contribution >= 0.6 is 0 Å². The van der Waals surface area contributed by atoms with Crippen molar-refractivity contribution in [1.82, 2.24) is 20.0 Å². The summed E-state index contributed by atoms with van der Waals surface area (Å²) in [7, 11) is 0. The fourth-order valence-corrected chi connectivity index (χ4v) is 3.28. The highest BCUT2D eigenvalue weighted by atomic mass is 16.4. The smallest absolute Gasteiger partial charge is 0.317 e. The molecule has 1 aromatic heterocycles. The van der Waals surface area contributed by atoms with Gasteiger partial charge in [-0.2, -0.15) is 5.10 Å². The monoisotopic (exact) mass is 356 g/mol. The van der Waals surface area contributed by atoms with Crippen LogP contribution in [-0.4, -0.2) is 56.8 Å². The number of carboxylic acids is 1. The minimum absolute atomic E-state index is 0.0497. The Morgan fingerprint density at radius 2 is 2.04 bits per heavy atom. The summed E-state index contributed by atoms with van der Waals surface area (Å²) < 4.78 is 1.75. The van der Waals surface area contributed by atoms with Gasteiger partial charge in [-0.1, -0.05) is 37.3 Å². The molecule has 1 fully saturated rings. The zero-order chi connectivity index (χ0) is 18.5. The molecule has 1 aromatic carbocycles. The molecule has 2 aromatic rings. The maximum absolute atomic E-state index is 12.4. The molecule has 0 atom stereocenters. The van der Waals surface area contributed by atoms with Gasteiger partial charge in [0.25, 0.3) is 5.91 Å². The molecular weight excluding hydrogens is 332 g/mol. The lowest BCUT2D eigenvalue weighted by Crippen LogP contribution is -2.54. The van der Waals surface area contributed by atoms with Gasteiger partial charge < -0.3 is 10.4 Å². The molecule has 7 heteroatoms. The molecule has 0 aliphatic heterocycles. The van der Waals surface area contributed by atoms with Gasteiger partial charge in [-0.05, 0) is 24.9 Å². The van der Waals surface area contributed by atoms with Gasteiger partial charge in [0.15, 0.2) is 0 Å². The van der Waals surface area contributed by atoms with Gasteiger partial charge in [0.05, 0.1) is 24.8 Å². The van der Waals surface area contributed by atoms with Crippen molar-refractivity contribution in [2.75, 3.05) is 13.1 Å². The summed E-state index contributed by atoms with van der Waals surface area (Å²) in [6, 6.07) is 10.3. The number of rotatable bonds is 8. The van der Waals surface area contributed by atoms with Gasteiger partial charge in [0, 0.05) is 18.3 Å².